The molecule has 20 heavy (non-hydrogen) atoms. The number of nitrogens with zero attached hydrogens (tertiary/aromatic N) is 3. The highest BCUT2D eigenvalue weighted by Crippen LogP contribution is 2.12. The van der Waals surface area contributed by atoms with E-state index in [0.717, 1.165) is 43.6 Å². The van der Waals surface area contributed by atoms with Crippen molar-refractivity contribution in [2.75, 3.05) is 32.7 Å². The first-order valence-electron chi connectivity index (χ1n) is 7.24. The minimum Gasteiger partial charge on any atom is -0.339 e. The summed E-state index contributed by atoms with van der Waals surface area (Å²) >= 11 is 3.35. The summed E-state index contributed by atoms with van der Waals surface area (Å²) in [7, 11) is 0. The van der Waals surface area contributed by atoms with E-state index in [-0.39, 0.29) is 5.91 Å². The Hall–Kier alpha value is -0.940. The van der Waals surface area contributed by atoms with Crippen LogP contribution in [-0.4, -0.2) is 53.4 Å². The van der Waals surface area contributed by atoms with E-state index in [9.17, 15) is 4.79 Å². The van der Waals surface area contributed by atoms with Gasteiger partial charge in [0.15, 0.2) is 0 Å². The summed E-state index contributed by atoms with van der Waals surface area (Å²) in [6.07, 6.45) is 4.32. The third-order valence-corrected chi connectivity index (χ3v) is 3.85. The molecule has 1 amide bonds. The predicted molar refractivity (Wildman–Crippen MR) is 85.9 cm³/mol. The fourth-order valence-corrected chi connectivity index (χ4v) is 2.50. The number of aromatic nitrogens is 1. The maximum absolute atomic E-state index is 12.4. The highest BCUT2D eigenvalue weighted by Gasteiger charge is 2.14. The van der Waals surface area contributed by atoms with E-state index in [2.05, 4.69) is 39.7 Å². The van der Waals surface area contributed by atoms with Crippen LogP contribution in [0.15, 0.2) is 22.9 Å². The molecule has 0 aliphatic rings. The molecule has 112 valence electrons. The molecule has 0 fully saturated rings. The third-order valence-electron chi connectivity index (χ3n) is 3.42. The van der Waals surface area contributed by atoms with Gasteiger partial charge in [-0.25, -0.2) is 0 Å². The molecule has 0 bridgehead atoms. The number of carbonyl (C=O) groups is 1. The standard InChI is InChI=1S/C15H24BrN3O/c1-4-18(5-2)8-7-9-19(6-3)15(20)13-10-14(16)12-17-11-13/h10-12H,4-9H2,1-3H3. The zero-order valence-corrected chi connectivity index (χ0v) is 14.2. The molecule has 1 aromatic rings. The molecular weight excluding hydrogens is 318 g/mol. The molecule has 0 unspecified atom stereocenters. The Balaban J connectivity index is 2.55. The summed E-state index contributed by atoms with van der Waals surface area (Å²) in [4.78, 5) is 20.7. The Bertz CT molecular complexity index is 421. The lowest BCUT2D eigenvalue weighted by molar-refractivity contribution is 0.0757. The highest BCUT2D eigenvalue weighted by molar-refractivity contribution is 9.10. The summed E-state index contributed by atoms with van der Waals surface area (Å²) in [5, 5.41) is 0. The predicted octanol–water partition coefficient (Wildman–Crippen LogP) is 3.04. The molecule has 0 aromatic carbocycles. The van der Waals surface area contributed by atoms with E-state index >= 15 is 0 Å². The van der Waals surface area contributed by atoms with Crippen LogP contribution in [0.5, 0.6) is 0 Å². The molecule has 1 heterocycles. The van der Waals surface area contributed by atoms with Crippen molar-refractivity contribution in [1.29, 1.82) is 0 Å². The van der Waals surface area contributed by atoms with Gasteiger partial charge in [0, 0.05) is 30.0 Å². The van der Waals surface area contributed by atoms with E-state index in [0.29, 0.717) is 5.56 Å². The SMILES string of the molecule is CCN(CC)CCCN(CC)C(=O)c1cncc(Br)c1. The smallest absolute Gasteiger partial charge is 0.255 e. The minimum atomic E-state index is 0.0563. The van der Waals surface area contributed by atoms with Crippen molar-refractivity contribution in [1.82, 2.24) is 14.8 Å². The number of hydrogen-bond donors (Lipinski definition) is 0. The summed E-state index contributed by atoms with van der Waals surface area (Å²) in [5.74, 6) is 0.0563. The molecule has 0 saturated carbocycles. The molecule has 0 saturated heterocycles. The van der Waals surface area contributed by atoms with Crippen molar-refractivity contribution >= 4 is 21.8 Å². The van der Waals surface area contributed by atoms with Crippen molar-refractivity contribution in [2.24, 2.45) is 0 Å². The second-order valence-electron chi connectivity index (χ2n) is 4.66. The number of hydrogen-bond acceptors (Lipinski definition) is 3. The van der Waals surface area contributed by atoms with Crippen LogP contribution in [0.25, 0.3) is 0 Å². The van der Waals surface area contributed by atoms with Gasteiger partial charge in [-0.15, -0.1) is 0 Å². The molecular formula is C15H24BrN3O. The fourth-order valence-electron chi connectivity index (χ4n) is 2.14. The Morgan fingerprint density at radius 1 is 1.15 bits per heavy atom. The van der Waals surface area contributed by atoms with Crippen molar-refractivity contribution in [3.8, 4) is 0 Å². The molecule has 0 aliphatic heterocycles. The Labute approximate surface area is 130 Å². The summed E-state index contributed by atoms with van der Waals surface area (Å²) in [6.45, 7) is 11.0. The summed E-state index contributed by atoms with van der Waals surface area (Å²) in [6, 6.07) is 1.82. The molecule has 0 atom stereocenters. The van der Waals surface area contributed by atoms with Gasteiger partial charge < -0.3 is 9.80 Å². The van der Waals surface area contributed by atoms with E-state index < -0.39 is 0 Å². The lowest BCUT2D eigenvalue weighted by Crippen LogP contribution is -2.34. The van der Waals surface area contributed by atoms with Gasteiger partial charge >= 0.3 is 0 Å². The number of amides is 1. The molecule has 4 nitrogen and oxygen atoms in total. The maximum atomic E-state index is 12.4. The number of halogens is 1. The highest BCUT2D eigenvalue weighted by atomic mass is 79.9. The maximum Gasteiger partial charge on any atom is 0.255 e. The number of pyridine rings is 1. The first-order valence-corrected chi connectivity index (χ1v) is 8.03. The van der Waals surface area contributed by atoms with Gasteiger partial charge in [-0.05, 0) is 55.0 Å². The minimum absolute atomic E-state index is 0.0563. The van der Waals surface area contributed by atoms with Gasteiger partial charge in [-0.3, -0.25) is 9.78 Å². The third kappa shape index (κ3) is 5.21. The molecule has 0 spiro atoms. The number of rotatable bonds is 8. The zero-order chi connectivity index (χ0) is 15.0. The van der Waals surface area contributed by atoms with Crippen LogP contribution in [0.1, 0.15) is 37.6 Å². The van der Waals surface area contributed by atoms with Gasteiger partial charge in [-0.1, -0.05) is 13.8 Å². The lowest BCUT2D eigenvalue weighted by Gasteiger charge is -2.23. The average molecular weight is 342 g/mol. The van der Waals surface area contributed by atoms with Crippen molar-refractivity contribution in [3.63, 3.8) is 0 Å². The molecule has 1 aromatic heterocycles. The van der Waals surface area contributed by atoms with Crippen LogP contribution in [0, 0.1) is 0 Å². The first-order chi connectivity index (χ1) is 9.62. The quantitative estimate of drug-likeness (QED) is 0.729. The first kappa shape index (κ1) is 17.1. The van der Waals surface area contributed by atoms with Crippen molar-refractivity contribution in [2.45, 2.75) is 27.2 Å². The Morgan fingerprint density at radius 2 is 1.85 bits per heavy atom. The fraction of sp³-hybridized carbons (Fsp3) is 0.600. The van der Waals surface area contributed by atoms with E-state index in [1.54, 1.807) is 12.4 Å². The van der Waals surface area contributed by atoms with Crippen LogP contribution in [0.3, 0.4) is 0 Å². The summed E-state index contributed by atoms with van der Waals surface area (Å²) < 4.78 is 0.836. The van der Waals surface area contributed by atoms with Gasteiger partial charge in [0.05, 0.1) is 5.56 Å². The zero-order valence-electron chi connectivity index (χ0n) is 12.6. The van der Waals surface area contributed by atoms with Crippen LogP contribution in [0.4, 0.5) is 0 Å². The molecule has 1 rings (SSSR count). The average Bonchev–Trinajstić information content (AvgIpc) is 2.47. The van der Waals surface area contributed by atoms with Crippen molar-refractivity contribution in [3.05, 3.63) is 28.5 Å². The Morgan fingerprint density at radius 3 is 2.40 bits per heavy atom. The topological polar surface area (TPSA) is 36.4 Å². The molecule has 0 radical (unpaired) electrons. The Kier molecular flexibility index (Phi) is 7.77. The van der Waals surface area contributed by atoms with Crippen LogP contribution >= 0.6 is 15.9 Å². The van der Waals surface area contributed by atoms with Gasteiger partial charge in [0.1, 0.15) is 0 Å². The van der Waals surface area contributed by atoms with Crippen molar-refractivity contribution < 1.29 is 4.79 Å². The molecule has 0 N–H and O–H groups in total. The van der Waals surface area contributed by atoms with Crippen LogP contribution < -0.4 is 0 Å². The van der Waals surface area contributed by atoms with E-state index in [4.69, 9.17) is 0 Å². The van der Waals surface area contributed by atoms with E-state index in [1.165, 1.54) is 0 Å². The lowest BCUT2D eigenvalue weighted by atomic mass is 10.2. The van der Waals surface area contributed by atoms with Gasteiger partial charge in [0.25, 0.3) is 5.91 Å². The van der Waals surface area contributed by atoms with Gasteiger partial charge in [-0.2, -0.15) is 0 Å². The monoisotopic (exact) mass is 341 g/mol. The summed E-state index contributed by atoms with van der Waals surface area (Å²) in [5.41, 5.74) is 0.643. The van der Waals surface area contributed by atoms with Crippen LogP contribution in [-0.2, 0) is 0 Å². The largest absolute Gasteiger partial charge is 0.339 e. The second kappa shape index (κ2) is 9.08. The second-order valence-corrected chi connectivity index (χ2v) is 5.57. The number of carbonyl (C=O) groups excluding carboxylic acids is 1. The normalized spacial score (nSPS) is 10.8. The van der Waals surface area contributed by atoms with E-state index in [1.807, 2.05) is 17.9 Å². The van der Waals surface area contributed by atoms with Crippen LogP contribution in [0.2, 0.25) is 0 Å². The molecule has 5 heteroatoms. The molecule has 0 aliphatic carbocycles. The van der Waals surface area contributed by atoms with Gasteiger partial charge in [0.2, 0.25) is 0 Å².